The fraction of sp³-hybridized carbons (Fsp3) is 0.517. The predicted molar refractivity (Wildman–Crippen MR) is 158 cm³/mol. The van der Waals surface area contributed by atoms with Gasteiger partial charge in [0, 0.05) is 43.6 Å². The molecule has 1 unspecified atom stereocenters. The molecular formula is C29H42N2O6S2. The van der Waals surface area contributed by atoms with Gasteiger partial charge in [-0.25, -0.2) is 4.89 Å². The standard InChI is InChI=1S/C29H42N2O6S2/c1-21(2)13-14-36-37-39-20-25(19-38-22(3)32)29(34)31-27(16-23-9-6-5-7-10-23)28(33)18-30-17-24-11-8-12-26(15-24)35-4/h5-12,15,21,25,27-28,30,33H,13-14,16-20H2,1-4H3,(H,31,34)/t25?,27-,28+/m0/s1. The molecule has 0 aliphatic carbocycles. The summed E-state index contributed by atoms with van der Waals surface area (Å²) in [5.41, 5.74) is 2.03. The van der Waals surface area contributed by atoms with Gasteiger partial charge in [0.2, 0.25) is 5.91 Å². The molecule has 1 amide bonds. The summed E-state index contributed by atoms with van der Waals surface area (Å²) in [5, 5.41) is 17.4. The molecule has 0 spiro atoms. The van der Waals surface area contributed by atoms with Gasteiger partial charge >= 0.3 is 0 Å². The number of hydrogen-bond donors (Lipinski definition) is 3. The fourth-order valence-corrected chi connectivity index (χ4v) is 5.10. The SMILES string of the molecule is COc1cccc(CNC[C@@H](O)[C@H](Cc2ccccc2)NC(=O)C(CSOOCCC(C)C)CSC(C)=O)c1. The third-order valence-electron chi connectivity index (χ3n) is 5.91. The molecule has 8 nitrogen and oxygen atoms in total. The summed E-state index contributed by atoms with van der Waals surface area (Å²) in [7, 11) is 1.62. The molecule has 2 aromatic rings. The lowest BCUT2D eigenvalue weighted by Gasteiger charge is -2.27. The van der Waals surface area contributed by atoms with E-state index in [2.05, 4.69) is 24.5 Å². The Labute approximate surface area is 241 Å². The Bertz CT molecular complexity index is 979. The van der Waals surface area contributed by atoms with Gasteiger partial charge in [-0.3, -0.25) is 9.59 Å². The number of aliphatic hydroxyl groups is 1. The molecule has 2 aromatic carbocycles. The minimum Gasteiger partial charge on any atom is -0.497 e. The molecule has 3 N–H and O–H groups in total. The lowest BCUT2D eigenvalue weighted by molar-refractivity contribution is -0.193. The molecule has 0 aliphatic rings. The third kappa shape index (κ3) is 14.2. The maximum Gasteiger partial charge on any atom is 0.225 e. The molecule has 0 saturated heterocycles. The van der Waals surface area contributed by atoms with Gasteiger partial charge in [0.15, 0.2) is 5.12 Å². The molecule has 0 aliphatic heterocycles. The van der Waals surface area contributed by atoms with Crippen LogP contribution in [0.15, 0.2) is 54.6 Å². The summed E-state index contributed by atoms with van der Waals surface area (Å²) >= 11 is 2.15. The Hall–Kier alpha value is -2.08. The summed E-state index contributed by atoms with van der Waals surface area (Å²) in [6.45, 7) is 6.98. The predicted octanol–water partition coefficient (Wildman–Crippen LogP) is 4.41. The van der Waals surface area contributed by atoms with Crippen molar-refractivity contribution in [1.29, 1.82) is 0 Å². The van der Waals surface area contributed by atoms with Crippen LogP contribution < -0.4 is 15.4 Å². The Morgan fingerprint density at radius 1 is 1.03 bits per heavy atom. The van der Waals surface area contributed by atoms with Gasteiger partial charge in [-0.15, -0.1) is 0 Å². The van der Waals surface area contributed by atoms with Gasteiger partial charge in [0.25, 0.3) is 0 Å². The number of rotatable bonds is 19. The van der Waals surface area contributed by atoms with Crippen molar-refractivity contribution in [2.45, 2.75) is 52.3 Å². The second-order valence-electron chi connectivity index (χ2n) is 9.71. The smallest absolute Gasteiger partial charge is 0.225 e. The monoisotopic (exact) mass is 578 g/mol. The van der Waals surface area contributed by atoms with Crippen LogP contribution in [0.5, 0.6) is 5.75 Å². The van der Waals surface area contributed by atoms with E-state index in [1.807, 2.05) is 54.6 Å². The molecule has 10 heteroatoms. The largest absolute Gasteiger partial charge is 0.497 e. The summed E-state index contributed by atoms with van der Waals surface area (Å²) < 4.78 is 10.5. The fourth-order valence-electron chi connectivity index (χ4n) is 3.62. The summed E-state index contributed by atoms with van der Waals surface area (Å²) in [6.07, 6.45) is 0.489. The Morgan fingerprint density at radius 2 is 1.77 bits per heavy atom. The van der Waals surface area contributed by atoms with E-state index in [4.69, 9.17) is 14.0 Å². The minimum absolute atomic E-state index is 0.0606. The van der Waals surface area contributed by atoms with Crippen molar-refractivity contribution in [3.8, 4) is 5.75 Å². The van der Waals surface area contributed by atoms with Crippen LogP contribution in [0, 0.1) is 11.8 Å². The van der Waals surface area contributed by atoms with Crippen LogP contribution in [0.2, 0.25) is 0 Å². The van der Waals surface area contributed by atoms with Crippen LogP contribution >= 0.6 is 23.8 Å². The normalized spacial score (nSPS) is 13.6. The second-order valence-corrected chi connectivity index (χ2v) is 11.6. The number of methoxy groups -OCH3 is 1. The van der Waals surface area contributed by atoms with Crippen molar-refractivity contribution in [3.63, 3.8) is 0 Å². The Balaban J connectivity index is 2.00. The maximum atomic E-state index is 13.3. The first-order valence-corrected chi connectivity index (χ1v) is 15.1. The maximum absolute atomic E-state index is 13.3. The van der Waals surface area contributed by atoms with Crippen molar-refractivity contribution in [2.75, 3.05) is 31.8 Å². The van der Waals surface area contributed by atoms with E-state index in [1.165, 1.54) is 6.92 Å². The molecule has 0 heterocycles. The zero-order chi connectivity index (χ0) is 28.5. The van der Waals surface area contributed by atoms with E-state index in [0.29, 0.717) is 37.0 Å². The number of thioether (sulfide) groups is 1. The summed E-state index contributed by atoms with van der Waals surface area (Å²) in [5.74, 6) is 1.15. The van der Waals surface area contributed by atoms with Crippen LogP contribution in [-0.2, 0) is 31.8 Å². The molecule has 0 saturated carbocycles. The summed E-state index contributed by atoms with van der Waals surface area (Å²) in [6, 6.07) is 16.9. The average Bonchev–Trinajstić information content (AvgIpc) is 2.92. The molecule has 0 bridgehead atoms. The van der Waals surface area contributed by atoms with Crippen LogP contribution in [-0.4, -0.2) is 60.0 Å². The molecule has 0 radical (unpaired) electrons. The van der Waals surface area contributed by atoms with Crippen LogP contribution in [0.4, 0.5) is 0 Å². The first-order chi connectivity index (χ1) is 18.8. The minimum atomic E-state index is -0.843. The Morgan fingerprint density at radius 3 is 2.46 bits per heavy atom. The van der Waals surface area contributed by atoms with Crippen LogP contribution in [0.1, 0.15) is 38.3 Å². The number of amides is 1. The lowest BCUT2D eigenvalue weighted by Crippen LogP contribution is -2.50. The topological polar surface area (TPSA) is 106 Å². The quantitative estimate of drug-likeness (QED) is 0.0967. The number of carbonyl (C=O) groups is 2. The average molecular weight is 579 g/mol. The lowest BCUT2D eigenvalue weighted by atomic mass is 10.00. The van der Waals surface area contributed by atoms with Crippen molar-refractivity contribution >= 4 is 34.8 Å². The van der Waals surface area contributed by atoms with Crippen molar-refractivity contribution in [2.24, 2.45) is 11.8 Å². The number of carbonyl (C=O) groups excluding carboxylic acids is 2. The zero-order valence-corrected chi connectivity index (χ0v) is 24.9. The van der Waals surface area contributed by atoms with Gasteiger partial charge in [-0.1, -0.05) is 68.1 Å². The van der Waals surface area contributed by atoms with Gasteiger partial charge in [0.1, 0.15) is 5.75 Å². The van der Waals surface area contributed by atoms with E-state index in [-0.39, 0.29) is 17.6 Å². The third-order valence-corrected chi connectivity index (χ3v) is 7.62. The molecule has 2 rings (SSSR count). The van der Waals surface area contributed by atoms with Gasteiger partial charge in [-0.05, 0) is 42.0 Å². The van der Waals surface area contributed by atoms with E-state index in [1.54, 1.807) is 7.11 Å². The highest BCUT2D eigenvalue weighted by Gasteiger charge is 2.27. The van der Waals surface area contributed by atoms with E-state index < -0.39 is 18.1 Å². The van der Waals surface area contributed by atoms with Crippen LogP contribution in [0.25, 0.3) is 0 Å². The molecule has 216 valence electrons. The van der Waals surface area contributed by atoms with Gasteiger partial charge in [-0.2, -0.15) is 4.33 Å². The number of hydrogen-bond acceptors (Lipinski definition) is 9. The highest BCUT2D eigenvalue weighted by molar-refractivity contribution is 8.13. The molecule has 3 atom stereocenters. The first-order valence-electron chi connectivity index (χ1n) is 13.2. The number of benzene rings is 2. The Kier molecular flexibility index (Phi) is 16.2. The first kappa shape index (κ1) is 33.1. The van der Waals surface area contributed by atoms with Gasteiger partial charge < -0.3 is 20.5 Å². The van der Waals surface area contributed by atoms with Crippen molar-refractivity contribution < 1.29 is 28.7 Å². The number of ether oxygens (including phenoxy) is 1. The summed E-state index contributed by atoms with van der Waals surface area (Å²) in [4.78, 5) is 30.1. The molecule has 39 heavy (non-hydrogen) atoms. The highest BCUT2D eigenvalue weighted by atomic mass is 32.2. The zero-order valence-electron chi connectivity index (χ0n) is 23.3. The molecule has 0 fully saturated rings. The highest BCUT2D eigenvalue weighted by Crippen LogP contribution is 2.18. The van der Waals surface area contributed by atoms with E-state index in [0.717, 1.165) is 47.1 Å². The number of aliphatic hydroxyl groups excluding tert-OH is 1. The van der Waals surface area contributed by atoms with Gasteiger partial charge in [0.05, 0.1) is 31.8 Å². The molecule has 0 aromatic heterocycles. The van der Waals surface area contributed by atoms with Crippen molar-refractivity contribution in [3.05, 3.63) is 65.7 Å². The van der Waals surface area contributed by atoms with E-state index >= 15 is 0 Å². The van der Waals surface area contributed by atoms with E-state index in [9.17, 15) is 14.7 Å². The van der Waals surface area contributed by atoms with Crippen LogP contribution in [0.3, 0.4) is 0 Å². The number of nitrogens with one attached hydrogen (secondary N) is 2. The van der Waals surface area contributed by atoms with Crippen molar-refractivity contribution in [1.82, 2.24) is 10.6 Å². The second kappa shape index (κ2) is 19.1. The molecular weight excluding hydrogens is 536 g/mol.